The zero-order valence-corrected chi connectivity index (χ0v) is 20.4. The Hall–Kier alpha value is -4.01. The van der Waals surface area contributed by atoms with Crippen molar-refractivity contribution in [3.63, 3.8) is 0 Å². The Bertz CT molecular complexity index is 1470. The number of hydrogen-bond acceptors (Lipinski definition) is 7. The molecular weight excluding hydrogens is 505 g/mol. The van der Waals surface area contributed by atoms with E-state index in [1.165, 1.54) is 12.4 Å². The number of nitrogens with one attached hydrogen (secondary N) is 1. The molecule has 2 aliphatic heterocycles. The van der Waals surface area contributed by atoms with Crippen LogP contribution in [0.3, 0.4) is 0 Å². The number of carbonyl (C=O) groups excluding carboxylic acids is 1. The Labute approximate surface area is 215 Å². The van der Waals surface area contributed by atoms with E-state index < -0.39 is 23.9 Å². The number of benzene rings is 1. The Balaban J connectivity index is 1.54. The molecule has 0 spiro atoms. The van der Waals surface area contributed by atoms with E-state index >= 15 is 4.39 Å². The summed E-state index contributed by atoms with van der Waals surface area (Å²) in [7, 11) is 0. The molecule has 1 fully saturated rings. The van der Waals surface area contributed by atoms with Crippen molar-refractivity contribution in [2.45, 2.75) is 25.9 Å². The third kappa shape index (κ3) is 4.61. The molecule has 12 heteroatoms. The molecule has 0 saturated carbocycles. The van der Waals surface area contributed by atoms with Crippen LogP contribution in [-0.2, 0) is 15.9 Å². The number of nitrogens with zero attached hydrogens (tertiary/aromatic N) is 4. The second-order valence-electron chi connectivity index (χ2n) is 8.87. The number of amides is 2. The molecule has 5 rings (SSSR count). The Morgan fingerprint density at radius 1 is 1.32 bits per heavy atom. The molecule has 2 aromatic heterocycles. The maximum Gasteiger partial charge on any atom is 0.413 e. The molecule has 2 amide bonds. The van der Waals surface area contributed by atoms with Gasteiger partial charge in [0.05, 0.1) is 41.6 Å². The van der Waals surface area contributed by atoms with Crippen molar-refractivity contribution in [1.29, 1.82) is 5.26 Å². The molecule has 2 aliphatic rings. The Kier molecular flexibility index (Phi) is 6.54. The smallest absolute Gasteiger partial charge is 0.413 e. The number of pyridine rings is 2. The average Bonchev–Trinajstić information content (AvgIpc) is 3.38. The van der Waals surface area contributed by atoms with E-state index in [-0.39, 0.29) is 29.1 Å². The number of carbonyl (C=O) groups is 2. The standard InChI is InChI=1S/C25H21ClFN5O5/c1-12-17(8-29-19-4-13(7-28)10-32(23(12)19)25(34)35)16-5-14-6-20(30-9-18(14)21(26)22(16)27)31-24(33)37-15-2-3-36-11-15/h5-6,8-9,13,15H,2-4,10-11H2,1H3,(H,34,35)(H,30,31,33)/t13?,15-/m1/s1. The molecule has 1 saturated heterocycles. The van der Waals surface area contributed by atoms with Crippen LogP contribution >= 0.6 is 11.6 Å². The van der Waals surface area contributed by atoms with Gasteiger partial charge in [-0.2, -0.15) is 5.26 Å². The topological polar surface area (TPSA) is 138 Å². The van der Waals surface area contributed by atoms with Crippen LogP contribution in [0, 0.1) is 30.0 Å². The largest absolute Gasteiger partial charge is 0.465 e. The molecule has 190 valence electrons. The molecule has 0 bridgehead atoms. The van der Waals surface area contributed by atoms with Crippen molar-refractivity contribution in [2.24, 2.45) is 5.92 Å². The van der Waals surface area contributed by atoms with E-state index in [9.17, 15) is 20.0 Å². The predicted molar refractivity (Wildman–Crippen MR) is 132 cm³/mol. The third-order valence-corrected chi connectivity index (χ3v) is 6.86. The van der Waals surface area contributed by atoms with Gasteiger partial charge in [-0.25, -0.2) is 19.0 Å². The molecule has 3 aromatic rings. The molecule has 37 heavy (non-hydrogen) atoms. The second-order valence-corrected chi connectivity index (χ2v) is 9.25. The monoisotopic (exact) mass is 525 g/mol. The van der Waals surface area contributed by atoms with Gasteiger partial charge in [-0.1, -0.05) is 11.6 Å². The van der Waals surface area contributed by atoms with E-state index in [2.05, 4.69) is 21.4 Å². The lowest BCUT2D eigenvalue weighted by atomic mass is 9.91. The molecule has 1 aromatic carbocycles. The molecule has 4 heterocycles. The van der Waals surface area contributed by atoms with Gasteiger partial charge in [0.1, 0.15) is 17.7 Å². The Morgan fingerprint density at radius 3 is 2.84 bits per heavy atom. The first-order chi connectivity index (χ1) is 17.8. The van der Waals surface area contributed by atoms with Crippen molar-refractivity contribution < 1.29 is 28.6 Å². The summed E-state index contributed by atoms with van der Waals surface area (Å²) < 4.78 is 26.0. The fraction of sp³-hybridized carbons (Fsp3) is 0.320. The van der Waals surface area contributed by atoms with E-state index in [0.717, 1.165) is 4.90 Å². The quantitative estimate of drug-likeness (QED) is 0.491. The van der Waals surface area contributed by atoms with Crippen LogP contribution in [0.15, 0.2) is 24.5 Å². The number of nitriles is 1. The summed E-state index contributed by atoms with van der Waals surface area (Å²) in [6, 6.07) is 5.18. The second kappa shape index (κ2) is 9.80. The average molecular weight is 526 g/mol. The summed E-state index contributed by atoms with van der Waals surface area (Å²) in [4.78, 5) is 33.8. The number of carboxylic acid groups (broad SMARTS) is 1. The lowest BCUT2D eigenvalue weighted by Gasteiger charge is -2.31. The summed E-state index contributed by atoms with van der Waals surface area (Å²) >= 11 is 6.36. The van der Waals surface area contributed by atoms with E-state index in [4.69, 9.17) is 21.1 Å². The van der Waals surface area contributed by atoms with E-state index in [1.807, 2.05) is 0 Å². The van der Waals surface area contributed by atoms with Gasteiger partial charge < -0.3 is 14.6 Å². The first kappa shape index (κ1) is 24.7. The molecular formula is C25H21ClFN5O5. The molecule has 1 unspecified atom stereocenters. The van der Waals surface area contributed by atoms with Gasteiger partial charge in [-0.3, -0.25) is 15.2 Å². The maximum atomic E-state index is 15.5. The van der Waals surface area contributed by atoms with Gasteiger partial charge >= 0.3 is 12.2 Å². The van der Waals surface area contributed by atoms with Crippen LogP contribution in [0.2, 0.25) is 5.02 Å². The SMILES string of the molecule is Cc1c(-c2cc3cc(NC(=O)O[C@@H]4CCOC4)ncc3c(Cl)c2F)cnc2c1N(C(=O)O)CC(C#N)C2. The zero-order valence-electron chi connectivity index (χ0n) is 19.6. The van der Waals surface area contributed by atoms with Crippen molar-refractivity contribution in [3.05, 3.63) is 46.6 Å². The van der Waals surface area contributed by atoms with Crippen LogP contribution in [0.5, 0.6) is 0 Å². The first-order valence-electron chi connectivity index (χ1n) is 11.5. The van der Waals surface area contributed by atoms with Crippen LogP contribution in [0.4, 0.5) is 25.5 Å². The number of aromatic nitrogens is 2. The van der Waals surface area contributed by atoms with Gasteiger partial charge in [-0.15, -0.1) is 0 Å². The minimum atomic E-state index is -1.22. The van der Waals surface area contributed by atoms with Crippen molar-refractivity contribution in [1.82, 2.24) is 9.97 Å². The number of halogens is 2. The zero-order chi connectivity index (χ0) is 26.3. The summed E-state index contributed by atoms with van der Waals surface area (Å²) in [5, 5.41) is 22.3. The Morgan fingerprint density at radius 2 is 2.14 bits per heavy atom. The van der Waals surface area contributed by atoms with Crippen molar-refractivity contribution in [2.75, 3.05) is 30.0 Å². The molecule has 10 nitrogen and oxygen atoms in total. The minimum absolute atomic E-state index is 0.00442. The summed E-state index contributed by atoms with van der Waals surface area (Å²) in [5.74, 6) is -1.06. The highest BCUT2D eigenvalue weighted by molar-refractivity contribution is 6.36. The van der Waals surface area contributed by atoms with Crippen LogP contribution in [0.25, 0.3) is 21.9 Å². The predicted octanol–water partition coefficient (Wildman–Crippen LogP) is 4.92. The van der Waals surface area contributed by atoms with Crippen LogP contribution in [0.1, 0.15) is 17.7 Å². The summed E-state index contributed by atoms with van der Waals surface area (Å²) in [6.45, 7) is 2.54. The van der Waals surface area contributed by atoms with Gasteiger partial charge in [0.2, 0.25) is 0 Å². The summed E-state index contributed by atoms with van der Waals surface area (Å²) in [5.41, 5.74) is 1.75. The highest BCUT2D eigenvalue weighted by Gasteiger charge is 2.32. The molecule has 0 radical (unpaired) electrons. The number of hydrogen-bond donors (Lipinski definition) is 2. The van der Waals surface area contributed by atoms with E-state index in [0.29, 0.717) is 59.3 Å². The van der Waals surface area contributed by atoms with Gasteiger partial charge in [0.15, 0.2) is 0 Å². The van der Waals surface area contributed by atoms with Gasteiger partial charge in [0, 0.05) is 48.3 Å². The highest BCUT2D eigenvalue weighted by atomic mass is 35.5. The lowest BCUT2D eigenvalue weighted by molar-refractivity contribution is 0.0931. The fourth-order valence-electron chi connectivity index (χ4n) is 4.68. The first-order valence-corrected chi connectivity index (χ1v) is 11.9. The maximum absolute atomic E-state index is 15.5. The summed E-state index contributed by atoms with van der Waals surface area (Å²) in [6.07, 6.45) is 1.47. The normalized spacial score (nSPS) is 18.8. The fourth-order valence-corrected chi connectivity index (χ4v) is 4.94. The third-order valence-electron chi connectivity index (χ3n) is 6.49. The molecule has 2 N–H and O–H groups in total. The highest BCUT2D eigenvalue weighted by Crippen LogP contribution is 2.41. The minimum Gasteiger partial charge on any atom is -0.465 e. The van der Waals surface area contributed by atoms with Crippen LogP contribution in [-0.4, -0.2) is 53.1 Å². The molecule has 0 aliphatic carbocycles. The number of rotatable bonds is 3. The van der Waals surface area contributed by atoms with Gasteiger partial charge in [0.25, 0.3) is 0 Å². The van der Waals surface area contributed by atoms with E-state index in [1.54, 1.807) is 19.1 Å². The lowest BCUT2D eigenvalue weighted by Crippen LogP contribution is -2.39. The van der Waals surface area contributed by atoms with Crippen LogP contribution < -0.4 is 10.2 Å². The number of ether oxygens (including phenoxy) is 2. The van der Waals surface area contributed by atoms with Crippen molar-refractivity contribution in [3.8, 4) is 17.2 Å². The van der Waals surface area contributed by atoms with Crippen molar-refractivity contribution >= 4 is 46.1 Å². The van der Waals surface area contributed by atoms with Gasteiger partial charge in [-0.05, 0) is 30.0 Å². The molecule has 2 atom stereocenters. The number of fused-ring (bicyclic) bond motifs is 2. The number of anilines is 2.